The fourth-order valence-corrected chi connectivity index (χ4v) is 3.62. The zero-order valence-corrected chi connectivity index (χ0v) is 11.5. The van der Waals surface area contributed by atoms with Crippen LogP contribution in [0.5, 0.6) is 0 Å². The van der Waals surface area contributed by atoms with Gasteiger partial charge in [-0.15, -0.1) is 0 Å². The molecule has 2 fully saturated rings. The summed E-state index contributed by atoms with van der Waals surface area (Å²) in [7, 11) is 0. The van der Waals surface area contributed by atoms with E-state index in [0.29, 0.717) is 18.6 Å². The van der Waals surface area contributed by atoms with E-state index in [4.69, 9.17) is 0 Å². The molecule has 1 saturated carbocycles. The van der Waals surface area contributed by atoms with Gasteiger partial charge in [0.2, 0.25) is 0 Å². The fraction of sp³-hybridized carbons (Fsp3) is 0.933. The van der Waals surface area contributed by atoms with Crippen LogP contribution >= 0.6 is 0 Å². The van der Waals surface area contributed by atoms with Crippen molar-refractivity contribution in [3.63, 3.8) is 0 Å². The Hall–Kier alpha value is -0.590. The van der Waals surface area contributed by atoms with Gasteiger partial charge in [-0.3, -0.25) is 4.90 Å². The Kier molecular flexibility index (Phi) is 5.03. The molecule has 1 heterocycles. The average Bonchev–Trinajstić information content (AvgIpc) is 2.46. The molecule has 3 heteroatoms. The molecule has 0 aromatic carbocycles. The minimum absolute atomic E-state index is 0.235. The lowest BCUT2D eigenvalue weighted by molar-refractivity contribution is 0.0536. The normalized spacial score (nSPS) is 35.3. The molecule has 2 rings (SSSR count). The topological polar surface area (TPSA) is 47.3 Å². The highest BCUT2D eigenvalue weighted by Gasteiger charge is 2.35. The van der Waals surface area contributed by atoms with Gasteiger partial charge in [0.05, 0.1) is 12.0 Å². The van der Waals surface area contributed by atoms with E-state index in [0.717, 1.165) is 38.3 Å². The number of likely N-dealkylation sites (tertiary alicyclic amines) is 1. The summed E-state index contributed by atoms with van der Waals surface area (Å²) >= 11 is 0. The highest BCUT2D eigenvalue weighted by atomic mass is 16.3. The lowest BCUT2D eigenvalue weighted by Gasteiger charge is -2.43. The lowest BCUT2D eigenvalue weighted by Crippen LogP contribution is -2.48. The molecule has 102 valence electrons. The van der Waals surface area contributed by atoms with Gasteiger partial charge in [-0.05, 0) is 57.0 Å². The molecule has 0 bridgehead atoms. The van der Waals surface area contributed by atoms with E-state index in [-0.39, 0.29) is 5.92 Å². The minimum atomic E-state index is 0.235. The number of nitrogens with zero attached hydrogens (tertiary/aromatic N) is 2. The third-order valence-electron chi connectivity index (χ3n) is 5.04. The van der Waals surface area contributed by atoms with Gasteiger partial charge < -0.3 is 5.11 Å². The van der Waals surface area contributed by atoms with Crippen molar-refractivity contribution in [3.8, 4) is 6.07 Å². The zero-order chi connectivity index (χ0) is 13.0. The smallest absolute Gasteiger partial charge is 0.0672 e. The van der Waals surface area contributed by atoms with Gasteiger partial charge >= 0.3 is 0 Å². The minimum Gasteiger partial charge on any atom is -0.396 e. The summed E-state index contributed by atoms with van der Waals surface area (Å²) in [6.45, 7) is 4.75. The van der Waals surface area contributed by atoms with Crippen molar-refractivity contribution in [2.45, 2.75) is 51.5 Å². The van der Waals surface area contributed by atoms with Crippen molar-refractivity contribution in [1.29, 1.82) is 5.26 Å². The summed E-state index contributed by atoms with van der Waals surface area (Å²) in [5.74, 6) is 1.54. The van der Waals surface area contributed by atoms with E-state index in [1.54, 1.807) is 0 Å². The largest absolute Gasteiger partial charge is 0.396 e. The Morgan fingerprint density at radius 3 is 2.44 bits per heavy atom. The van der Waals surface area contributed by atoms with E-state index < -0.39 is 0 Å². The maximum absolute atomic E-state index is 9.33. The Morgan fingerprint density at radius 1 is 1.17 bits per heavy atom. The van der Waals surface area contributed by atoms with Crippen molar-refractivity contribution >= 4 is 0 Å². The molecule has 1 saturated heterocycles. The number of rotatable bonds is 3. The van der Waals surface area contributed by atoms with Crippen LogP contribution in [-0.4, -0.2) is 35.7 Å². The second kappa shape index (κ2) is 6.54. The highest BCUT2D eigenvalue weighted by molar-refractivity contribution is 4.98. The van der Waals surface area contributed by atoms with E-state index >= 15 is 0 Å². The van der Waals surface area contributed by atoms with Crippen LogP contribution in [-0.2, 0) is 0 Å². The molecule has 0 amide bonds. The van der Waals surface area contributed by atoms with E-state index in [1.807, 2.05) is 0 Å². The Balaban J connectivity index is 1.94. The summed E-state index contributed by atoms with van der Waals surface area (Å²) in [5.41, 5.74) is 0. The molecular weight excluding hydrogens is 224 g/mol. The van der Waals surface area contributed by atoms with Crippen molar-refractivity contribution in [2.75, 3.05) is 19.7 Å². The number of hydrogen-bond donors (Lipinski definition) is 1. The number of hydrogen-bond acceptors (Lipinski definition) is 3. The lowest BCUT2D eigenvalue weighted by atomic mass is 9.76. The first-order chi connectivity index (χ1) is 8.78. The SMILES string of the molecule is CCC1CCC(C#N)C(N2CCC(CO)CC2)C1. The van der Waals surface area contributed by atoms with Gasteiger partial charge in [0, 0.05) is 12.6 Å². The summed E-state index contributed by atoms with van der Waals surface area (Å²) in [4.78, 5) is 2.53. The molecule has 3 nitrogen and oxygen atoms in total. The molecule has 18 heavy (non-hydrogen) atoms. The van der Waals surface area contributed by atoms with Crippen LogP contribution in [0.2, 0.25) is 0 Å². The molecule has 0 aromatic heterocycles. The third-order valence-corrected chi connectivity index (χ3v) is 5.04. The second-order valence-electron chi connectivity index (χ2n) is 6.05. The molecule has 0 spiro atoms. The van der Waals surface area contributed by atoms with Crippen LogP contribution in [0.25, 0.3) is 0 Å². The third kappa shape index (κ3) is 3.05. The summed E-state index contributed by atoms with van der Waals surface area (Å²) in [5, 5.41) is 18.5. The number of aliphatic hydroxyl groups excluding tert-OH is 1. The molecule has 2 aliphatic rings. The van der Waals surface area contributed by atoms with E-state index in [2.05, 4.69) is 17.9 Å². The predicted octanol–water partition coefficient (Wildman–Crippen LogP) is 2.41. The van der Waals surface area contributed by atoms with Crippen LogP contribution < -0.4 is 0 Å². The number of piperidine rings is 1. The van der Waals surface area contributed by atoms with Crippen LogP contribution in [0, 0.1) is 29.1 Å². The van der Waals surface area contributed by atoms with Crippen LogP contribution in [0.4, 0.5) is 0 Å². The molecule has 0 aromatic rings. The zero-order valence-electron chi connectivity index (χ0n) is 11.5. The highest BCUT2D eigenvalue weighted by Crippen LogP contribution is 2.35. The van der Waals surface area contributed by atoms with Crippen molar-refractivity contribution in [2.24, 2.45) is 17.8 Å². The van der Waals surface area contributed by atoms with Crippen LogP contribution in [0.3, 0.4) is 0 Å². The molecule has 3 atom stereocenters. The molecule has 1 aliphatic heterocycles. The van der Waals surface area contributed by atoms with Gasteiger partial charge in [0.15, 0.2) is 0 Å². The fourth-order valence-electron chi connectivity index (χ4n) is 3.62. The summed E-state index contributed by atoms with van der Waals surface area (Å²) < 4.78 is 0. The average molecular weight is 250 g/mol. The van der Waals surface area contributed by atoms with E-state index in [1.165, 1.54) is 19.3 Å². The maximum Gasteiger partial charge on any atom is 0.0672 e. The number of aliphatic hydroxyl groups is 1. The van der Waals surface area contributed by atoms with Crippen LogP contribution in [0.15, 0.2) is 0 Å². The van der Waals surface area contributed by atoms with Gasteiger partial charge in [-0.25, -0.2) is 0 Å². The first-order valence-corrected chi connectivity index (χ1v) is 7.53. The first-order valence-electron chi connectivity index (χ1n) is 7.53. The van der Waals surface area contributed by atoms with Gasteiger partial charge in [-0.2, -0.15) is 5.26 Å². The Bertz CT molecular complexity index is 291. The summed E-state index contributed by atoms with van der Waals surface area (Å²) in [6, 6.07) is 3.01. The molecule has 1 aliphatic carbocycles. The Morgan fingerprint density at radius 2 is 1.89 bits per heavy atom. The van der Waals surface area contributed by atoms with Crippen LogP contribution in [0.1, 0.15) is 45.4 Å². The number of nitriles is 1. The Labute approximate surface area is 111 Å². The maximum atomic E-state index is 9.33. The summed E-state index contributed by atoms with van der Waals surface area (Å²) in [6.07, 6.45) is 6.97. The van der Waals surface area contributed by atoms with Crippen molar-refractivity contribution in [1.82, 2.24) is 4.90 Å². The molecular formula is C15H26N2O. The molecule has 0 radical (unpaired) electrons. The quantitative estimate of drug-likeness (QED) is 0.836. The van der Waals surface area contributed by atoms with Gasteiger partial charge in [0.25, 0.3) is 0 Å². The standard InChI is InChI=1S/C15H26N2O/c1-2-12-3-4-14(10-16)15(9-12)17-7-5-13(11-18)6-8-17/h12-15,18H,2-9,11H2,1H3. The molecule has 1 N–H and O–H groups in total. The first kappa shape index (κ1) is 13.8. The van der Waals surface area contributed by atoms with Gasteiger partial charge in [0.1, 0.15) is 0 Å². The van der Waals surface area contributed by atoms with E-state index in [9.17, 15) is 10.4 Å². The van der Waals surface area contributed by atoms with Crippen molar-refractivity contribution < 1.29 is 5.11 Å². The van der Waals surface area contributed by atoms with Crippen molar-refractivity contribution in [3.05, 3.63) is 0 Å². The van der Waals surface area contributed by atoms with Gasteiger partial charge in [-0.1, -0.05) is 13.3 Å². The monoisotopic (exact) mass is 250 g/mol. The molecule has 3 unspecified atom stereocenters. The predicted molar refractivity (Wildman–Crippen MR) is 71.9 cm³/mol. The second-order valence-corrected chi connectivity index (χ2v) is 6.05.